The molecule has 1 aromatic carbocycles. The first-order chi connectivity index (χ1) is 8.13. The van der Waals surface area contributed by atoms with E-state index in [2.05, 4.69) is 4.74 Å². The van der Waals surface area contributed by atoms with E-state index in [1.54, 1.807) is 6.07 Å². The lowest BCUT2D eigenvalue weighted by Gasteiger charge is -2.04. The summed E-state index contributed by atoms with van der Waals surface area (Å²) >= 11 is 0. The van der Waals surface area contributed by atoms with E-state index >= 15 is 0 Å². The highest BCUT2D eigenvalue weighted by atomic mass is 16.6. The highest BCUT2D eigenvalue weighted by Gasteiger charge is 2.06. The molecule has 0 aliphatic heterocycles. The lowest BCUT2D eigenvalue weighted by Crippen LogP contribution is -2.14. The van der Waals surface area contributed by atoms with Gasteiger partial charge in [-0.05, 0) is 12.1 Å². The van der Waals surface area contributed by atoms with Gasteiger partial charge in [-0.3, -0.25) is 10.1 Å². The van der Waals surface area contributed by atoms with E-state index in [-0.39, 0.29) is 18.9 Å². The molecule has 0 unspecified atom stereocenters. The number of carbonyl (C=O) groups is 1. The molecule has 1 rings (SSSR count). The lowest BCUT2D eigenvalue weighted by molar-refractivity contribution is -0.384. The van der Waals surface area contributed by atoms with Crippen molar-refractivity contribution in [2.75, 3.05) is 13.2 Å². The van der Waals surface area contributed by atoms with Gasteiger partial charge in [0.15, 0.2) is 13.2 Å². The number of hydrogen-bond donors (Lipinski definition) is 0. The SMILES string of the molecule is N#CCOC(=O)COc1ccc([N+](=O)[O-])cc1. The zero-order valence-electron chi connectivity index (χ0n) is 8.66. The van der Waals surface area contributed by atoms with E-state index in [4.69, 9.17) is 10.00 Å². The van der Waals surface area contributed by atoms with Crippen molar-refractivity contribution in [2.45, 2.75) is 0 Å². The first-order valence-electron chi connectivity index (χ1n) is 4.53. The number of nitriles is 1. The number of esters is 1. The number of nitro benzene ring substituents is 1. The third kappa shape index (κ3) is 4.17. The molecule has 17 heavy (non-hydrogen) atoms. The second-order valence-corrected chi connectivity index (χ2v) is 2.86. The molecule has 7 nitrogen and oxygen atoms in total. The first-order valence-corrected chi connectivity index (χ1v) is 4.53. The lowest BCUT2D eigenvalue weighted by atomic mass is 10.3. The summed E-state index contributed by atoms with van der Waals surface area (Å²) in [6.45, 7) is -0.679. The molecule has 88 valence electrons. The van der Waals surface area contributed by atoms with Crippen molar-refractivity contribution in [3.63, 3.8) is 0 Å². The van der Waals surface area contributed by atoms with Crippen LogP contribution in [0.3, 0.4) is 0 Å². The van der Waals surface area contributed by atoms with Crippen LogP contribution in [0.4, 0.5) is 5.69 Å². The van der Waals surface area contributed by atoms with Gasteiger partial charge in [0.25, 0.3) is 5.69 Å². The Bertz CT molecular complexity index is 449. The van der Waals surface area contributed by atoms with Gasteiger partial charge in [0.2, 0.25) is 0 Å². The fourth-order valence-corrected chi connectivity index (χ4v) is 0.961. The minimum absolute atomic E-state index is 0.0654. The van der Waals surface area contributed by atoms with Crippen LogP contribution in [0.15, 0.2) is 24.3 Å². The molecule has 0 aliphatic rings. The summed E-state index contributed by atoms with van der Waals surface area (Å²) < 4.78 is 9.43. The van der Waals surface area contributed by atoms with Crippen LogP contribution in [-0.4, -0.2) is 24.1 Å². The molecule has 0 fully saturated rings. The topological polar surface area (TPSA) is 102 Å². The Morgan fingerprint density at radius 1 is 1.41 bits per heavy atom. The molecule has 0 spiro atoms. The number of ether oxygens (including phenoxy) is 2. The first kappa shape index (κ1) is 12.4. The second kappa shape index (κ2) is 6.07. The van der Waals surface area contributed by atoms with E-state index in [9.17, 15) is 14.9 Å². The van der Waals surface area contributed by atoms with Crippen molar-refractivity contribution < 1.29 is 19.2 Å². The number of benzene rings is 1. The van der Waals surface area contributed by atoms with Crippen LogP contribution in [0, 0.1) is 21.4 Å². The summed E-state index contributed by atoms with van der Waals surface area (Å²) in [6, 6.07) is 6.90. The zero-order chi connectivity index (χ0) is 12.7. The van der Waals surface area contributed by atoms with E-state index in [0.717, 1.165) is 0 Å². The van der Waals surface area contributed by atoms with Crippen LogP contribution in [-0.2, 0) is 9.53 Å². The van der Waals surface area contributed by atoms with E-state index in [0.29, 0.717) is 5.75 Å². The average molecular weight is 236 g/mol. The predicted molar refractivity (Wildman–Crippen MR) is 55.2 cm³/mol. The minimum Gasteiger partial charge on any atom is -0.482 e. The van der Waals surface area contributed by atoms with Crippen molar-refractivity contribution >= 4 is 11.7 Å². The van der Waals surface area contributed by atoms with Crippen LogP contribution in [0.5, 0.6) is 5.75 Å². The molecule has 0 saturated heterocycles. The number of nitrogens with zero attached hydrogens (tertiary/aromatic N) is 2. The average Bonchev–Trinajstić information content (AvgIpc) is 2.34. The van der Waals surface area contributed by atoms with Crippen LogP contribution in [0.1, 0.15) is 0 Å². The third-order valence-electron chi connectivity index (χ3n) is 1.70. The van der Waals surface area contributed by atoms with Crippen LogP contribution < -0.4 is 4.74 Å². The Morgan fingerprint density at radius 3 is 2.59 bits per heavy atom. The number of nitro groups is 1. The van der Waals surface area contributed by atoms with Gasteiger partial charge in [0, 0.05) is 12.1 Å². The normalized spacial score (nSPS) is 9.12. The molecule has 0 radical (unpaired) electrons. The zero-order valence-corrected chi connectivity index (χ0v) is 8.66. The Hall–Kier alpha value is -2.62. The maximum atomic E-state index is 10.9. The molecule has 0 heterocycles. The maximum absolute atomic E-state index is 10.9. The summed E-state index contributed by atoms with van der Waals surface area (Å²) in [5.41, 5.74) is -0.0654. The Morgan fingerprint density at radius 2 is 2.06 bits per heavy atom. The van der Waals surface area contributed by atoms with Crippen molar-refractivity contribution in [1.82, 2.24) is 0 Å². The Kier molecular flexibility index (Phi) is 4.45. The number of rotatable bonds is 5. The summed E-state index contributed by atoms with van der Waals surface area (Å²) in [5, 5.41) is 18.5. The van der Waals surface area contributed by atoms with Gasteiger partial charge >= 0.3 is 5.97 Å². The molecule has 0 saturated carbocycles. The summed E-state index contributed by atoms with van der Waals surface area (Å²) in [6.07, 6.45) is 0. The molecular formula is C10H8N2O5. The van der Waals surface area contributed by atoms with Crippen LogP contribution in [0.2, 0.25) is 0 Å². The van der Waals surface area contributed by atoms with Gasteiger partial charge in [-0.25, -0.2) is 4.79 Å². The molecule has 1 aromatic rings. The smallest absolute Gasteiger partial charge is 0.345 e. The van der Waals surface area contributed by atoms with Crippen molar-refractivity contribution in [2.24, 2.45) is 0 Å². The van der Waals surface area contributed by atoms with Gasteiger partial charge < -0.3 is 9.47 Å². The minimum atomic E-state index is -0.676. The molecule has 0 N–H and O–H groups in total. The highest BCUT2D eigenvalue weighted by molar-refractivity contribution is 5.71. The summed E-state index contributed by atoms with van der Waals surface area (Å²) in [5.74, 6) is -0.366. The van der Waals surface area contributed by atoms with Gasteiger partial charge in [-0.15, -0.1) is 0 Å². The molecule has 0 aromatic heterocycles. The predicted octanol–water partition coefficient (Wildman–Crippen LogP) is 1.04. The van der Waals surface area contributed by atoms with Crippen LogP contribution in [0.25, 0.3) is 0 Å². The number of hydrogen-bond acceptors (Lipinski definition) is 6. The van der Waals surface area contributed by atoms with Gasteiger partial charge in [0.05, 0.1) is 4.92 Å². The monoisotopic (exact) mass is 236 g/mol. The van der Waals surface area contributed by atoms with Crippen molar-refractivity contribution in [3.05, 3.63) is 34.4 Å². The standard InChI is InChI=1S/C10H8N2O5/c11-5-6-16-10(13)7-17-9-3-1-8(2-4-9)12(14)15/h1-4H,6-7H2. The third-order valence-corrected chi connectivity index (χ3v) is 1.70. The number of non-ortho nitro benzene ring substituents is 1. The van der Waals surface area contributed by atoms with E-state index < -0.39 is 10.9 Å². The quantitative estimate of drug-likeness (QED) is 0.430. The molecule has 0 bridgehead atoms. The van der Waals surface area contributed by atoms with Gasteiger partial charge in [-0.2, -0.15) is 5.26 Å². The van der Waals surface area contributed by atoms with Crippen LogP contribution >= 0.6 is 0 Å². The van der Waals surface area contributed by atoms with Crippen molar-refractivity contribution in [1.29, 1.82) is 5.26 Å². The largest absolute Gasteiger partial charge is 0.482 e. The molecule has 0 amide bonds. The second-order valence-electron chi connectivity index (χ2n) is 2.86. The highest BCUT2D eigenvalue weighted by Crippen LogP contribution is 2.17. The fourth-order valence-electron chi connectivity index (χ4n) is 0.961. The van der Waals surface area contributed by atoms with Gasteiger partial charge in [0.1, 0.15) is 11.8 Å². The number of carbonyl (C=O) groups excluding carboxylic acids is 1. The van der Waals surface area contributed by atoms with E-state index in [1.807, 2.05) is 0 Å². The Balaban J connectivity index is 2.45. The molecular weight excluding hydrogens is 228 g/mol. The maximum Gasteiger partial charge on any atom is 0.345 e. The summed E-state index contributed by atoms with van der Waals surface area (Å²) in [7, 11) is 0. The van der Waals surface area contributed by atoms with E-state index in [1.165, 1.54) is 24.3 Å². The molecule has 0 aliphatic carbocycles. The van der Waals surface area contributed by atoms with Crippen molar-refractivity contribution in [3.8, 4) is 11.8 Å². The molecule has 0 atom stereocenters. The summed E-state index contributed by atoms with van der Waals surface area (Å²) in [4.78, 5) is 20.8. The Labute approximate surface area is 96.3 Å². The fraction of sp³-hybridized carbons (Fsp3) is 0.200. The van der Waals surface area contributed by atoms with Gasteiger partial charge in [-0.1, -0.05) is 0 Å². The molecule has 7 heteroatoms.